The van der Waals surface area contributed by atoms with E-state index in [1.165, 1.54) is 24.0 Å². The van der Waals surface area contributed by atoms with E-state index in [1.54, 1.807) is 0 Å². The summed E-state index contributed by atoms with van der Waals surface area (Å²) in [6, 6.07) is 8.83. The van der Waals surface area contributed by atoms with Crippen LogP contribution in [0.2, 0.25) is 0 Å². The first-order chi connectivity index (χ1) is 10.2. The Bertz CT molecular complexity index is 562. The van der Waals surface area contributed by atoms with Gasteiger partial charge in [-0.05, 0) is 62.2 Å². The Morgan fingerprint density at radius 3 is 2.86 bits per heavy atom. The smallest absolute Gasteiger partial charge is 0.226 e. The zero-order valence-electron chi connectivity index (χ0n) is 12.8. The molecule has 2 heterocycles. The van der Waals surface area contributed by atoms with Crippen LogP contribution in [0.25, 0.3) is 0 Å². The molecule has 2 atom stereocenters. The van der Waals surface area contributed by atoms with Crippen LogP contribution in [-0.4, -0.2) is 30.4 Å². The van der Waals surface area contributed by atoms with Crippen molar-refractivity contribution < 1.29 is 4.79 Å². The third-order valence-electron chi connectivity index (χ3n) is 5.96. The highest BCUT2D eigenvalue weighted by atomic mass is 16.2. The van der Waals surface area contributed by atoms with Gasteiger partial charge in [-0.25, -0.2) is 0 Å². The molecule has 1 N–H and O–H groups in total. The Labute approximate surface area is 126 Å². The Morgan fingerprint density at radius 2 is 2.05 bits per heavy atom. The van der Waals surface area contributed by atoms with E-state index in [-0.39, 0.29) is 6.04 Å². The third kappa shape index (κ3) is 2.10. The van der Waals surface area contributed by atoms with Gasteiger partial charge in [0.2, 0.25) is 5.91 Å². The van der Waals surface area contributed by atoms with Gasteiger partial charge in [-0.1, -0.05) is 24.3 Å². The van der Waals surface area contributed by atoms with Gasteiger partial charge in [0.25, 0.3) is 0 Å². The molecule has 1 saturated heterocycles. The molecule has 3 heteroatoms. The lowest BCUT2D eigenvalue weighted by atomic mass is 9.90. The molecule has 0 bridgehead atoms. The van der Waals surface area contributed by atoms with E-state index in [0.717, 1.165) is 32.5 Å². The van der Waals surface area contributed by atoms with Crippen molar-refractivity contribution >= 4 is 5.91 Å². The second-order valence-corrected chi connectivity index (χ2v) is 7.03. The van der Waals surface area contributed by atoms with E-state index >= 15 is 0 Å². The molecule has 1 aromatic carbocycles. The summed E-state index contributed by atoms with van der Waals surface area (Å²) in [6.07, 6.45) is 4.50. The number of carbonyl (C=O) groups excluding carboxylic acids is 1. The minimum atomic E-state index is 0.238. The number of nitrogens with one attached hydrogen (secondary N) is 1. The number of hydrogen-bond acceptors (Lipinski definition) is 2. The predicted octanol–water partition coefficient (Wildman–Crippen LogP) is 2.52. The molecule has 2 unspecified atom stereocenters. The third-order valence-corrected chi connectivity index (χ3v) is 5.96. The van der Waals surface area contributed by atoms with Gasteiger partial charge in [0.05, 0.1) is 6.04 Å². The van der Waals surface area contributed by atoms with Crippen molar-refractivity contribution in [2.45, 2.75) is 38.6 Å². The van der Waals surface area contributed by atoms with Gasteiger partial charge in [0, 0.05) is 12.5 Å². The average molecular weight is 284 g/mol. The Kier molecular flexibility index (Phi) is 3.07. The van der Waals surface area contributed by atoms with Crippen LogP contribution >= 0.6 is 0 Å². The summed E-state index contributed by atoms with van der Waals surface area (Å²) in [6.45, 7) is 5.25. The van der Waals surface area contributed by atoms with Crippen molar-refractivity contribution in [3.05, 3.63) is 35.4 Å². The average Bonchev–Trinajstić information content (AvgIpc) is 3.21. The first-order valence-electron chi connectivity index (χ1n) is 8.30. The van der Waals surface area contributed by atoms with E-state index < -0.39 is 0 Å². The molecule has 1 spiro atoms. The van der Waals surface area contributed by atoms with Gasteiger partial charge < -0.3 is 10.2 Å². The minimum absolute atomic E-state index is 0.238. The molecule has 1 amide bonds. The first-order valence-corrected chi connectivity index (χ1v) is 8.30. The van der Waals surface area contributed by atoms with Gasteiger partial charge in [-0.15, -0.1) is 0 Å². The first kappa shape index (κ1) is 13.3. The Morgan fingerprint density at radius 1 is 1.29 bits per heavy atom. The zero-order chi connectivity index (χ0) is 14.4. The fourth-order valence-corrected chi connectivity index (χ4v) is 4.45. The molecule has 112 valence electrons. The normalized spacial score (nSPS) is 30.0. The van der Waals surface area contributed by atoms with Crippen molar-refractivity contribution in [3.63, 3.8) is 0 Å². The molecule has 1 saturated carbocycles. The number of benzene rings is 1. The molecule has 3 nitrogen and oxygen atoms in total. The van der Waals surface area contributed by atoms with Crippen LogP contribution in [0.15, 0.2) is 24.3 Å². The molecule has 2 fully saturated rings. The largest absolute Gasteiger partial charge is 0.335 e. The highest BCUT2D eigenvalue weighted by Crippen LogP contribution is 2.59. The molecule has 21 heavy (non-hydrogen) atoms. The van der Waals surface area contributed by atoms with E-state index in [0.29, 0.717) is 17.2 Å². The van der Waals surface area contributed by atoms with Crippen LogP contribution in [0.1, 0.15) is 43.4 Å². The Hall–Kier alpha value is -1.35. The van der Waals surface area contributed by atoms with Crippen LogP contribution in [0, 0.1) is 11.3 Å². The molecule has 3 aliphatic rings. The minimum Gasteiger partial charge on any atom is -0.335 e. The van der Waals surface area contributed by atoms with Gasteiger partial charge in [-0.2, -0.15) is 0 Å². The predicted molar refractivity (Wildman–Crippen MR) is 82.9 cm³/mol. The molecule has 1 aliphatic carbocycles. The lowest BCUT2D eigenvalue weighted by Gasteiger charge is -2.36. The maximum atomic E-state index is 13.0. The maximum Gasteiger partial charge on any atom is 0.226 e. The van der Waals surface area contributed by atoms with Crippen LogP contribution in [0.5, 0.6) is 0 Å². The fraction of sp³-hybridized carbons (Fsp3) is 0.611. The second kappa shape index (κ2) is 4.84. The number of carbonyl (C=O) groups is 1. The lowest BCUT2D eigenvalue weighted by Crippen LogP contribution is -2.41. The number of rotatable bonds is 1. The molecule has 1 aromatic rings. The van der Waals surface area contributed by atoms with Crippen LogP contribution in [0.3, 0.4) is 0 Å². The van der Waals surface area contributed by atoms with Crippen LogP contribution in [0.4, 0.5) is 0 Å². The van der Waals surface area contributed by atoms with E-state index in [4.69, 9.17) is 0 Å². The van der Waals surface area contributed by atoms with Gasteiger partial charge in [0.1, 0.15) is 0 Å². The number of amides is 1. The molecule has 0 aromatic heterocycles. The Balaban J connectivity index is 1.52. The van der Waals surface area contributed by atoms with Gasteiger partial charge in [-0.3, -0.25) is 4.79 Å². The number of fused-ring (bicyclic) bond motifs is 1. The summed E-state index contributed by atoms with van der Waals surface area (Å²) in [4.78, 5) is 15.1. The second-order valence-electron chi connectivity index (χ2n) is 7.03. The summed E-state index contributed by atoms with van der Waals surface area (Å²) >= 11 is 0. The number of nitrogens with zero attached hydrogens (tertiary/aromatic N) is 1. The highest BCUT2D eigenvalue weighted by molar-refractivity contribution is 5.83. The number of piperidine rings is 1. The van der Waals surface area contributed by atoms with Crippen LogP contribution < -0.4 is 5.32 Å². The highest BCUT2D eigenvalue weighted by Gasteiger charge is 2.59. The number of hydrogen-bond donors (Lipinski definition) is 1. The monoisotopic (exact) mass is 284 g/mol. The van der Waals surface area contributed by atoms with Gasteiger partial charge >= 0.3 is 0 Å². The standard InChI is InChI=1S/C18H24N2O/c1-13-15-5-3-2-4-14(15)6-11-20(13)17(21)16-12-18(16)7-9-19-10-8-18/h2-5,13,16,19H,6-12H2,1H3. The fourth-order valence-electron chi connectivity index (χ4n) is 4.45. The van der Waals surface area contributed by atoms with E-state index in [2.05, 4.69) is 41.4 Å². The summed E-state index contributed by atoms with van der Waals surface area (Å²) in [7, 11) is 0. The maximum absolute atomic E-state index is 13.0. The molecular weight excluding hydrogens is 260 g/mol. The summed E-state index contributed by atoms with van der Waals surface area (Å²) in [5.74, 6) is 0.714. The van der Waals surface area contributed by atoms with Crippen molar-refractivity contribution in [1.29, 1.82) is 0 Å². The molecule has 0 radical (unpaired) electrons. The van der Waals surface area contributed by atoms with E-state index in [1.807, 2.05) is 0 Å². The van der Waals surface area contributed by atoms with Crippen molar-refractivity contribution in [3.8, 4) is 0 Å². The lowest BCUT2D eigenvalue weighted by molar-refractivity contribution is -0.136. The topological polar surface area (TPSA) is 32.3 Å². The molecular formula is C18H24N2O. The van der Waals surface area contributed by atoms with Crippen molar-refractivity contribution in [1.82, 2.24) is 10.2 Å². The SMILES string of the molecule is CC1c2ccccc2CCN1C(=O)C1CC12CCNCC2. The van der Waals surface area contributed by atoms with Crippen molar-refractivity contribution in [2.75, 3.05) is 19.6 Å². The summed E-state index contributed by atoms with van der Waals surface area (Å²) < 4.78 is 0. The van der Waals surface area contributed by atoms with Crippen molar-refractivity contribution in [2.24, 2.45) is 11.3 Å². The zero-order valence-corrected chi connectivity index (χ0v) is 12.8. The summed E-state index contributed by atoms with van der Waals surface area (Å²) in [5, 5.41) is 3.42. The quantitative estimate of drug-likeness (QED) is 0.859. The molecule has 4 rings (SSSR count). The van der Waals surface area contributed by atoms with E-state index in [9.17, 15) is 4.79 Å². The molecule has 2 aliphatic heterocycles. The van der Waals surface area contributed by atoms with Crippen LogP contribution in [-0.2, 0) is 11.2 Å². The van der Waals surface area contributed by atoms with Gasteiger partial charge in [0.15, 0.2) is 0 Å². The summed E-state index contributed by atoms with van der Waals surface area (Å²) in [5.41, 5.74) is 3.11.